The van der Waals surface area contributed by atoms with E-state index in [4.69, 9.17) is 46.2 Å². The smallest absolute Gasteiger partial charge is 0.455 e. The zero-order valence-electron chi connectivity index (χ0n) is 28.3. The van der Waals surface area contributed by atoms with Crippen LogP contribution in [0, 0.1) is 0 Å². The van der Waals surface area contributed by atoms with Crippen molar-refractivity contribution in [2.75, 3.05) is 37.5 Å². The minimum absolute atomic E-state index is 0.0139. The quantitative estimate of drug-likeness (QED) is 0.0422. The zero-order valence-corrected chi connectivity index (χ0v) is 31.7. The number of imidazole rings is 1. The SMILES string of the molecule is CSSC(CN)CCC(N)C(=O)O[C@H]1[C@@H](O)[C@H](n2cnc3c(N)ncnc32)O[C@@H]1COP(=O)(O)O[C@H]1C[C@H](n2ccc(N)nc2=O)O[C@@H]1COP(=O)(O)O. The number of nitrogens with two attached hydrogens (primary N) is 4. The highest BCUT2D eigenvalue weighted by Crippen LogP contribution is 2.50. The first kappa shape index (κ1) is 42.4. The van der Waals surface area contributed by atoms with Gasteiger partial charge >= 0.3 is 27.3 Å². The molecular weight excluding hydrogens is 802 g/mol. The summed E-state index contributed by atoms with van der Waals surface area (Å²) in [6.45, 7) is -1.29. The number of carbonyl (C=O) groups excluding carboxylic acids is 1. The predicted molar refractivity (Wildman–Crippen MR) is 191 cm³/mol. The molecule has 0 bridgehead atoms. The summed E-state index contributed by atoms with van der Waals surface area (Å²) in [5.41, 5.74) is 22.9. The molecule has 10 atom stereocenters. The molecule has 2 aliphatic heterocycles. The van der Waals surface area contributed by atoms with Crippen molar-refractivity contribution in [1.82, 2.24) is 29.1 Å². The third-order valence-corrected chi connectivity index (χ3v) is 12.0. The summed E-state index contributed by atoms with van der Waals surface area (Å²) >= 11 is 0. The van der Waals surface area contributed by atoms with Gasteiger partial charge in [0.25, 0.3) is 0 Å². The number of phosphoric ester groups is 2. The fourth-order valence-electron chi connectivity index (χ4n) is 5.65. The number of anilines is 2. The molecule has 0 saturated carbocycles. The largest absolute Gasteiger partial charge is 0.472 e. The number of carbonyl (C=O) groups is 1. The van der Waals surface area contributed by atoms with Crippen molar-refractivity contribution in [2.45, 2.75) is 73.5 Å². The van der Waals surface area contributed by atoms with Crippen molar-refractivity contribution in [1.29, 1.82) is 0 Å². The molecule has 300 valence electrons. The van der Waals surface area contributed by atoms with Crippen LogP contribution in [0.4, 0.5) is 11.6 Å². The van der Waals surface area contributed by atoms with Gasteiger partial charge < -0.3 is 56.9 Å². The van der Waals surface area contributed by atoms with Gasteiger partial charge in [-0.1, -0.05) is 21.6 Å². The number of aliphatic hydroxyl groups is 1. The molecule has 3 aromatic rings. The van der Waals surface area contributed by atoms with Crippen molar-refractivity contribution in [2.24, 2.45) is 11.5 Å². The summed E-state index contributed by atoms with van der Waals surface area (Å²) in [5, 5.41) is 11.4. The summed E-state index contributed by atoms with van der Waals surface area (Å²) in [6, 6.07) is 0.157. The second-order valence-electron chi connectivity index (χ2n) is 11.9. The Morgan fingerprint density at radius 1 is 1.09 bits per heavy atom. The van der Waals surface area contributed by atoms with E-state index in [0.29, 0.717) is 13.0 Å². The number of ether oxygens (including phenoxy) is 3. The van der Waals surface area contributed by atoms with E-state index in [1.165, 1.54) is 44.7 Å². The van der Waals surface area contributed by atoms with Gasteiger partial charge in [0.15, 0.2) is 23.8 Å². The molecule has 5 rings (SSSR count). The van der Waals surface area contributed by atoms with Crippen LogP contribution in [0.15, 0.2) is 29.7 Å². The first-order chi connectivity index (χ1) is 25.5. The predicted octanol–water partition coefficient (Wildman–Crippen LogP) is -1.24. The van der Waals surface area contributed by atoms with Crippen molar-refractivity contribution >= 4 is 66.0 Å². The van der Waals surface area contributed by atoms with E-state index < -0.39 is 89.5 Å². The lowest BCUT2D eigenvalue weighted by atomic mass is 10.1. The third kappa shape index (κ3) is 10.5. The van der Waals surface area contributed by atoms with E-state index in [0.717, 1.165) is 10.9 Å². The van der Waals surface area contributed by atoms with Gasteiger partial charge in [0.2, 0.25) is 0 Å². The number of phosphoric acid groups is 2. The number of fused-ring (bicyclic) bond motifs is 1. The van der Waals surface area contributed by atoms with Crippen LogP contribution in [-0.2, 0) is 41.7 Å². The van der Waals surface area contributed by atoms with E-state index in [2.05, 4.69) is 24.5 Å². The Bertz CT molecular complexity index is 1920. The second-order valence-corrected chi connectivity index (χ2v) is 17.4. The molecule has 3 unspecified atom stereocenters. The Hall–Kier alpha value is -2.78. The van der Waals surface area contributed by atoms with Gasteiger partial charge in [-0.15, -0.1) is 0 Å². The molecule has 0 radical (unpaired) electrons. The Balaban J connectivity index is 1.33. The van der Waals surface area contributed by atoms with Crippen molar-refractivity contribution in [3.63, 3.8) is 0 Å². The average molecular weight is 843 g/mol. The molecule has 2 saturated heterocycles. The lowest BCUT2D eigenvalue weighted by Gasteiger charge is -2.24. The van der Waals surface area contributed by atoms with Gasteiger partial charge in [-0.05, 0) is 25.2 Å². The molecule has 24 nitrogen and oxygen atoms in total. The summed E-state index contributed by atoms with van der Waals surface area (Å²) in [4.78, 5) is 70.7. The second kappa shape index (κ2) is 18.0. The number of nitrogens with zero attached hydrogens (tertiary/aromatic N) is 6. The first-order valence-electron chi connectivity index (χ1n) is 16.0. The Labute approximate surface area is 313 Å². The number of hydrogen-bond donors (Lipinski definition) is 8. The lowest BCUT2D eigenvalue weighted by molar-refractivity contribution is -0.158. The molecule has 0 aromatic carbocycles. The zero-order chi connectivity index (χ0) is 39.4. The van der Waals surface area contributed by atoms with Crippen LogP contribution in [0.25, 0.3) is 11.2 Å². The lowest BCUT2D eigenvalue weighted by Crippen LogP contribution is -2.43. The molecule has 0 spiro atoms. The fraction of sp³-hybridized carbons (Fsp3) is 0.615. The summed E-state index contributed by atoms with van der Waals surface area (Å²) in [6.07, 6.45) is -4.04. The maximum Gasteiger partial charge on any atom is 0.472 e. The van der Waals surface area contributed by atoms with Crippen LogP contribution in [-0.4, -0.2) is 123 Å². The van der Waals surface area contributed by atoms with Gasteiger partial charge in [-0.2, -0.15) is 4.98 Å². The van der Waals surface area contributed by atoms with E-state index in [9.17, 15) is 38.5 Å². The molecule has 3 aromatic heterocycles. The van der Waals surface area contributed by atoms with Gasteiger partial charge in [0.05, 0.1) is 19.5 Å². The maximum atomic E-state index is 13.4. The minimum atomic E-state index is -5.14. The summed E-state index contributed by atoms with van der Waals surface area (Å²) in [7, 11) is -7.13. The molecule has 2 fully saturated rings. The highest BCUT2D eigenvalue weighted by molar-refractivity contribution is 8.76. The van der Waals surface area contributed by atoms with Gasteiger partial charge in [-0.25, -0.2) is 28.9 Å². The number of aromatic nitrogens is 6. The number of nitrogen functional groups attached to an aromatic ring is 2. The van der Waals surface area contributed by atoms with Crippen LogP contribution < -0.4 is 28.6 Å². The number of aliphatic hydroxyl groups excluding tert-OH is 1. The van der Waals surface area contributed by atoms with Crippen molar-refractivity contribution < 1.29 is 61.5 Å². The van der Waals surface area contributed by atoms with Crippen molar-refractivity contribution in [3.05, 3.63) is 35.4 Å². The van der Waals surface area contributed by atoms with Crippen LogP contribution in [0.1, 0.15) is 31.7 Å². The monoisotopic (exact) mass is 842 g/mol. The van der Waals surface area contributed by atoms with Crippen LogP contribution in [0.2, 0.25) is 0 Å². The van der Waals surface area contributed by atoms with E-state index in [1.807, 2.05) is 6.26 Å². The van der Waals surface area contributed by atoms with Crippen LogP contribution in [0.5, 0.6) is 0 Å². The molecule has 12 N–H and O–H groups in total. The normalized spacial score (nSPS) is 26.8. The van der Waals surface area contributed by atoms with E-state index >= 15 is 0 Å². The Morgan fingerprint density at radius 3 is 2.52 bits per heavy atom. The van der Waals surface area contributed by atoms with Crippen molar-refractivity contribution in [3.8, 4) is 0 Å². The number of esters is 1. The van der Waals surface area contributed by atoms with Gasteiger partial charge in [0, 0.05) is 24.4 Å². The van der Waals surface area contributed by atoms with Crippen LogP contribution >= 0.6 is 37.2 Å². The standard InChI is InChI=1S/C26H40N10O14P2S2/c1-53-54-12(7-27)2-3-13(28)25(38)49-21-16(48-24(20(21)37)36-11-33-19-22(30)31-10-32-23(19)36)9-46-52(43,44)50-14-6-18(35-5-4-17(29)34-26(35)39)47-15(14)8-45-51(40,41)42/h4-5,10-16,18,20-21,24,37H,2-3,6-9,27-28H2,1H3,(H,43,44)(H2,29,34,39)(H2,30,31,32)(H2,40,41,42)/t12?,13?,14-,15+,16+,18+,20+,21+,24+/m0/s1. The highest BCUT2D eigenvalue weighted by atomic mass is 33.1. The number of hydrogen-bond acceptors (Lipinski definition) is 21. The van der Waals surface area contributed by atoms with Gasteiger partial charge in [-0.3, -0.25) is 27.5 Å². The molecule has 28 heteroatoms. The minimum Gasteiger partial charge on any atom is -0.455 e. The van der Waals surface area contributed by atoms with Crippen LogP contribution in [0.3, 0.4) is 0 Å². The molecule has 54 heavy (non-hydrogen) atoms. The fourth-order valence-corrected chi connectivity index (χ4v) is 8.87. The molecular formula is C26H40N10O14P2S2. The molecule has 5 heterocycles. The number of rotatable bonds is 18. The summed E-state index contributed by atoms with van der Waals surface area (Å²) < 4.78 is 59.5. The highest BCUT2D eigenvalue weighted by Gasteiger charge is 2.50. The van der Waals surface area contributed by atoms with Gasteiger partial charge in [0.1, 0.15) is 54.3 Å². The van der Waals surface area contributed by atoms with E-state index in [-0.39, 0.29) is 40.9 Å². The molecule has 2 aliphatic rings. The topological polar surface area (TPSA) is 370 Å². The van der Waals surface area contributed by atoms with E-state index in [1.54, 1.807) is 0 Å². The maximum absolute atomic E-state index is 13.4. The summed E-state index contributed by atoms with van der Waals surface area (Å²) in [5.74, 6) is -0.958. The third-order valence-electron chi connectivity index (χ3n) is 8.24. The Kier molecular flexibility index (Phi) is 14.1. The first-order valence-corrected chi connectivity index (χ1v) is 21.6. The average Bonchev–Trinajstić information content (AvgIpc) is 3.80. The Morgan fingerprint density at radius 2 is 1.83 bits per heavy atom. The molecule has 0 aliphatic carbocycles. The molecule has 0 amide bonds.